The number of hydrogen-bond donors (Lipinski definition) is 2. The van der Waals surface area contributed by atoms with Crippen LogP contribution in [0.1, 0.15) is 10.4 Å². The molecule has 1 aromatic heterocycles. The van der Waals surface area contributed by atoms with Crippen LogP contribution in [0.2, 0.25) is 5.02 Å². The van der Waals surface area contributed by atoms with Gasteiger partial charge in [0.15, 0.2) is 0 Å². The van der Waals surface area contributed by atoms with Gasteiger partial charge in [0.25, 0.3) is 0 Å². The number of carbonyl (C=O) groups excluding carboxylic acids is 1. The summed E-state index contributed by atoms with van der Waals surface area (Å²) in [7, 11) is 0. The summed E-state index contributed by atoms with van der Waals surface area (Å²) in [5, 5.41) is 11.7. The first-order valence-corrected chi connectivity index (χ1v) is 5.72. The van der Waals surface area contributed by atoms with Gasteiger partial charge < -0.3 is 15.0 Å². The fourth-order valence-corrected chi connectivity index (χ4v) is 1.65. The number of carbonyl (C=O) groups is 2. The van der Waals surface area contributed by atoms with E-state index in [-0.39, 0.29) is 28.7 Å². The molecule has 2 aromatic rings. The van der Waals surface area contributed by atoms with Crippen LogP contribution in [0.4, 0.5) is 5.69 Å². The van der Waals surface area contributed by atoms with E-state index in [1.54, 1.807) is 17.0 Å². The molecule has 2 rings (SSSR count). The number of carboxylic acid groups (broad SMARTS) is 1. The second-order valence-electron chi connectivity index (χ2n) is 3.78. The molecule has 2 N–H and O–H groups in total. The maximum absolute atomic E-state index is 11.7. The van der Waals surface area contributed by atoms with E-state index in [0.717, 1.165) is 0 Å². The lowest BCUT2D eigenvalue weighted by Crippen LogP contribution is -2.18. The fourth-order valence-electron chi connectivity index (χ4n) is 1.49. The number of nitrogens with zero attached hydrogens (tertiary/aromatic N) is 2. The molecule has 6 nitrogen and oxygen atoms in total. The third-order valence-electron chi connectivity index (χ3n) is 2.37. The van der Waals surface area contributed by atoms with Crippen LogP contribution in [-0.4, -0.2) is 26.5 Å². The van der Waals surface area contributed by atoms with E-state index in [1.807, 2.05) is 0 Å². The van der Waals surface area contributed by atoms with E-state index < -0.39 is 5.97 Å². The smallest absolute Gasteiger partial charge is 0.335 e. The lowest BCUT2D eigenvalue weighted by atomic mass is 10.2. The maximum atomic E-state index is 11.7. The average molecular weight is 280 g/mol. The van der Waals surface area contributed by atoms with Gasteiger partial charge in [0.05, 0.1) is 22.6 Å². The molecule has 0 saturated heterocycles. The summed E-state index contributed by atoms with van der Waals surface area (Å²) in [6, 6.07) is 4.12. The van der Waals surface area contributed by atoms with Gasteiger partial charge in [-0.1, -0.05) is 11.6 Å². The minimum atomic E-state index is -1.08. The molecule has 1 amide bonds. The van der Waals surface area contributed by atoms with Crippen molar-refractivity contribution in [3.05, 3.63) is 47.5 Å². The van der Waals surface area contributed by atoms with Crippen molar-refractivity contribution in [2.45, 2.75) is 6.54 Å². The van der Waals surface area contributed by atoms with E-state index in [4.69, 9.17) is 16.7 Å². The predicted octanol–water partition coefficient (Wildman–Crippen LogP) is 1.87. The van der Waals surface area contributed by atoms with Gasteiger partial charge in [-0.05, 0) is 18.2 Å². The van der Waals surface area contributed by atoms with Crippen LogP contribution in [0.5, 0.6) is 0 Å². The number of benzene rings is 1. The summed E-state index contributed by atoms with van der Waals surface area (Å²) < 4.78 is 1.59. The normalized spacial score (nSPS) is 10.2. The van der Waals surface area contributed by atoms with Gasteiger partial charge in [-0.3, -0.25) is 4.79 Å². The van der Waals surface area contributed by atoms with Crippen LogP contribution >= 0.6 is 11.6 Å². The largest absolute Gasteiger partial charge is 0.478 e. The highest BCUT2D eigenvalue weighted by molar-refractivity contribution is 6.33. The molecule has 0 spiro atoms. The Bertz CT molecular complexity index is 611. The molecule has 1 aromatic carbocycles. The Morgan fingerprint density at radius 3 is 2.84 bits per heavy atom. The van der Waals surface area contributed by atoms with Crippen molar-refractivity contribution in [3.8, 4) is 0 Å². The molecule has 1 heterocycles. The monoisotopic (exact) mass is 279 g/mol. The SMILES string of the molecule is O=C(Cn1ccnc1)Nc1cc(C(=O)O)ccc1Cl. The Morgan fingerprint density at radius 2 is 2.21 bits per heavy atom. The molecule has 0 aliphatic heterocycles. The second kappa shape index (κ2) is 5.53. The predicted molar refractivity (Wildman–Crippen MR) is 69.3 cm³/mol. The van der Waals surface area contributed by atoms with Crippen LogP contribution < -0.4 is 5.32 Å². The van der Waals surface area contributed by atoms with Gasteiger partial charge >= 0.3 is 5.97 Å². The molecule has 19 heavy (non-hydrogen) atoms. The first-order chi connectivity index (χ1) is 9.06. The zero-order valence-electron chi connectivity index (χ0n) is 9.71. The van der Waals surface area contributed by atoms with E-state index in [0.29, 0.717) is 0 Å². The van der Waals surface area contributed by atoms with Crippen molar-refractivity contribution in [2.75, 3.05) is 5.32 Å². The van der Waals surface area contributed by atoms with Gasteiger partial charge in [-0.15, -0.1) is 0 Å². The summed E-state index contributed by atoms with van der Waals surface area (Å²) in [5.74, 6) is -1.40. The number of amides is 1. The van der Waals surface area contributed by atoms with Crippen molar-refractivity contribution in [3.63, 3.8) is 0 Å². The van der Waals surface area contributed by atoms with E-state index in [9.17, 15) is 9.59 Å². The van der Waals surface area contributed by atoms with Gasteiger partial charge in [0, 0.05) is 12.4 Å². The van der Waals surface area contributed by atoms with E-state index in [1.165, 1.54) is 24.5 Å². The van der Waals surface area contributed by atoms with Crippen LogP contribution in [0, 0.1) is 0 Å². The van der Waals surface area contributed by atoms with Crippen LogP contribution in [0.15, 0.2) is 36.9 Å². The standard InChI is InChI=1S/C12H10ClN3O3/c13-9-2-1-8(12(18)19)5-10(9)15-11(17)6-16-4-3-14-7-16/h1-5,7H,6H2,(H,15,17)(H,18,19). The number of rotatable bonds is 4. The van der Waals surface area contributed by atoms with E-state index in [2.05, 4.69) is 10.3 Å². The lowest BCUT2D eigenvalue weighted by Gasteiger charge is -2.08. The van der Waals surface area contributed by atoms with Crippen molar-refractivity contribution in [1.29, 1.82) is 0 Å². The molecule has 0 unspecified atom stereocenters. The minimum absolute atomic E-state index is 0.0577. The zero-order chi connectivity index (χ0) is 13.8. The first kappa shape index (κ1) is 13.1. The molecule has 98 valence electrons. The summed E-state index contributed by atoms with van der Waals surface area (Å²) >= 11 is 5.90. The third-order valence-corrected chi connectivity index (χ3v) is 2.70. The van der Waals surface area contributed by atoms with Gasteiger partial charge in [0.1, 0.15) is 6.54 Å². The lowest BCUT2D eigenvalue weighted by molar-refractivity contribution is -0.116. The number of halogens is 1. The van der Waals surface area contributed by atoms with Crippen LogP contribution in [0.3, 0.4) is 0 Å². The summed E-state index contributed by atoms with van der Waals surface area (Å²) in [4.78, 5) is 26.4. The van der Waals surface area contributed by atoms with Crippen molar-refractivity contribution < 1.29 is 14.7 Å². The number of aromatic carboxylic acids is 1. The second-order valence-corrected chi connectivity index (χ2v) is 4.19. The zero-order valence-corrected chi connectivity index (χ0v) is 10.5. The molecule has 0 bridgehead atoms. The molecule has 0 aliphatic carbocycles. The number of hydrogen-bond acceptors (Lipinski definition) is 3. The van der Waals surface area contributed by atoms with Gasteiger partial charge in [0.2, 0.25) is 5.91 Å². The Hall–Kier alpha value is -2.34. The number of aromatic nitrogens is 2. The molecular formula is C12H10ClN3O3. The molecule has 0 saturated carbocycles. The Balaban J connectivity index is 2.11. The Morgan fingerprint density at radius 1 is 1.42 bits per heavy atom. The molecule has 0 radical (unpaired) electrons. The summed E-state index contributed by atoms with van der Waals surface area (Å²) in [5.41, 5.74) is 0.328. The van der Waals surface area contributed by atoms with Gasteiger partial charge in [-0.2, -0.15) is 0 Å². The number of nitrogens with one attached hydrogen (secondary N) is 1. The highest BCUT2D eigenvalue weighted by atomic mass is 35.5. The van der Waals surface area contributed by atoms with Crippen LogP contribution in [0.25, 0.3) is 0 Å². The topological polar surface area (TPSA) is 84.2 Å². The first-order valence-electron chi connectivity index (χ1n) is 5.34. The highest BCUT2D eigenvalue weighted by Gasteiger charge is 2.10. The fraction of sp³-hybridized carbons (Fsp3) is 0.0833. The Kier molecular flexibility index (Phi) is 3.82. The van der Waals surface area contributed by atoms with Crippen molar-refractivity contribution >= 4 is 29.2 Å². The summed E-state index contributed by atoms with van der Waals surface area (Å²) in [6.45, 7) is 0.0770. The molecule has 0 aliphatic rings. The van der Waals surface area contributed by atoms with Crippen molar-refractivity contribution in [2.24, 2.45) is 0 Å². The molecule has 7 heteroatoms. The number of imidazole rings is 1. The van der Waals surface area contributed by atoms with Crippen LogP contribution in [-0.2, 0) is 11.3 Å². The Labute approximate surface area is 113 Å². The van der Waals surface area contributed by atoms with Gasteiger partial charge in [-0.25, -0.2) is 9.78 Å². The van der Waals surface area contributed by atoms with E-state index >= 15 is 0 Å². The highest BCUT2D eigenvalue weighted by Crippen LogP contribution is 2.23. The van der Waals surface area contributed by atoms with Crippen molar-refractivity contribution in [1.82, 2.24) is 9.55 Å². The number of anilines is 1. The average Bonchev–Trinajstić information content (AvgIpc) is 2.84. The number of carboxylic acids is 1. The third kappa shape index (κ3) is 3.32. The molecular weight excluding hydrogens is 270 g/mol. The maximum Gasteiger partial charge on any atom is 0.335 e. The molecule has 0 atom stereocenters. The molecule has 0 fully saturated rings. The minimum Gasteiger partial charge on any atom is -0.478 e. The quantitative estimate of drug-likeness (QED) is 0.895. The summed E-state index contributed by atoms with van der Waals surface area (Å²) in [6.07, 6.45) is 4.72.